The topological polar surface area (TPSA) is 93.2 Å². The van der Waals surface area contributed by atoms with Gasteiger partial charge in [-0.25, -0.2) is 16.8 Å². The Balaban J connectivity index is 1.69. The highest BCUT2D eigenvalue weighted by molar-refractivity contribution is 8.67. The van der Waals surface area contributed by atoms with Crippen LogP contribution in [-0.2, 0) is 30.8 Å². The third-order valence-corrected chi connectivity index (χ3v) is 10.3. The molecule has 0 spiro atoms. The summed E-state index contributed by atoms with van der Waals surface area (Å²) in [7, 11) is -6.54. The van der Waals surface area contributed by atoms with Crippen LogP contribution in [0.15, 0.2) is 48.5 Å². The summed E-state index contributed by atoms with van der Waals surface area (Å²) in [6.07, 6.45) is 0. The Hall–Kier alpha value is -2.14. The molecule has 2 unspecified atom stereocenters. The molecule has 2 atom stereocenters. The van der Waals surface area contributed by atoms with Crippen molar-refractivity contribution in [1.29, 1.82) is 0 Å². The van der Waals surface area contributed by atoms with Crippen molar-refractivity contribution in [2.24, 2.45) is 0 Å². The fourth-order valence-electron chi connectivity index (χ4n) is 3.37. The van der Waals surface area contributed by atoms with E-state index >= 15 is 0 Å². The van der Waals surface area contributed by atoms with E-state index in [9.17, 15) is 16.8 Å². The van der Waals surface area contributed by atoms with Crippen LogP contribution >= 0.6 is 0 Å². The molecule has 0 aromatic heterocycles. The molecule has 0 aliphatic carbocycles. The molecular formula is C18H20N2O6S2. The molecule has 0 bridgehead atoms. The van der Waals surface area contributed by atoms with Crippen LogP contribution in [-0.4, -0.2) is 51.9 Å². The van der Waals surface area contributed by atoms with Crippen molar-refractivity contribution in [3.05, 3.63) is 59.7 Å². The van der Waals surface area contributed by atoms with Crippen molar-refractivity contribution in [1.82, 2.24) is 9.80 Å². The van der Waals surface area contributed by atoms with Crippen molar-refractivity contribution < 1.29 is 26.3 Å². The maximum atomic E-state index is 13.1. The summed E-state index contributed by atoms with van der Waals surface area (Å²) in [4.78, 5) is 2.71. The van der Waals surface area contributed by atoms with Gasteiger partial charge >= 0.3 is 17.7 Å². The fraction of sp³-hybridized carbons (Fsp3) is 0.333. The number of hydrogen-bond donors (Lipinski definition) is 0. The first-order valence-corrected chi connectivity index (χ1v) is 12.2. The van der Waals surface area contributed by atoms with Crippen LogP contribution in [0.5, 0.6) is 11.5 Å². The summed E-state index contributed by atoms with van der Waals surface area (Å²) >= 11 is 0. The molecule has 0 saturated carbocycles. The fourth-order valence-corrected chi connectivity index (χ4v) is 7.80. The maximum absolute atomic E-state index is 13.1. The molecule has 10 heteroatoms. The van der Waals surface area contributed by atoms with E-state index in [-0.39, 0.29) is 13.1 Å². The molecule has 4 rings (SSSR count). The van der Waals surface area contributed by atoms with Crippen molar-refractivity contribution in [2.45, 2.75) is 24.2 Å². The van der Waals surface area contributed by atoms with Gasteiger partial charge in [-0.3, -0.25) is 9.80 Å². The Labute approximate surface area is 163 Å². The van der Waals surface area contributed by atoms with Crippen LogP contribution in [0.3, 0.4) is 0 Å². The van der Waals surface area contributed by atoms with Crippen LogP contribution in [0.4, 0.5) is 0 Å². The third kappa shape index (κ3) is 2.96. The Morgan fingerprint density at radius 2 is 1.07 bits per heavy atom. The summed E-state index contributed by atoms with van der Waals surface area (Å²) in [6, 6.07) is 13.9. The first kappa shape index (κ1) is 19.2. The van der Waals surface area contributed by atoms with Crippen molar-refractivity contribution in [2.75, 3.05) is 14.1 Å². The van der Waals surface area contributed by atoms with E-state index in [0.717, 1.165) is 11.1 Å². The molecule has 150 valence electrons. The smallest absolute Gasteiger partial charge is 0.310 e. The lowest BCUT2D eigenvalue weighted by Crippen LogP contribution is -2.54. The molecular weight excluding hydrogens is 404 g/mol. The van der Waals surface area contributed by atoms with Crippen molar-refractivity contribution >= 4 is 17.7 Å². The van der Waals surface area contributed by atoms with Gasteiger partial charge in [0.1, 0.15) is 11.5 Å². The molecule has 28 heavy (non-hydrogen) atoms. The summed E-state index contributed by atoms with van der Waals surface area (Å²) < 4.78 is 63.6. The number of nitrogens with zero attached hydrogens (tertiary/aromatic N) is 2. The number of rotatable bonds is 3. The quantitative estimate of drug-likeness (QED) is 0.682. The Kier molecular flexibility index (Phi) is 4.61. The van der Waals surface area contributed by atoms with Gasteiger partial charge in [-0.05, 0) is 26.2 Å². The predicted octanol–water partition coefficient (Wildman–Crippen LogP) is 1.35. The summed E-state index contributed by atoms with van der Waals surface area (Å²) in [5, 5.41) is 0. The number of hydrogen-bond acceptors (Lipinski definition) is 8. The molecule has 0 amide bonds. The van der Waals surface area contributed by atoms with Crippen LogP contribution in [0.2, 0.25) is 0 Å². The molecule has 0 radical (unpaired) electrons. The monoisotopic (exact) mass is 424 g/mol. The van der Waals surface area contributed by atoms with Crippen molar-refractivity contribution in [3.63, 3.8) is 0 Å². The minimum atomic E-state index is -4.78. The highest BCUT2D eigenvalue weighted by Gasteiger charge is 2.52. The van der Waals surface area contributed by atoms with Gasteiger partial charge in [0.2, 0.25) is 0 Å². The molecule has 8 nitrogen and oxygen atoms in total. The first-order valence-electron chi connectivity index (χ1n) is 8.59. The van der Waals surface area contributed by atoms with E-state index < -0.39 is 28.9 Å². The summed E-state index contributed by atoms with van der Waals surface area (Å²) in [5.41, 5.74) is -1.73. The van der Waals surface area contributed by atoms with Crippen molar-refractivity contribution in [3.8, 4) is 11.5 Å². The predicted molar refractivity (Wildman–Crippen MR) is 102 cm³/mol. The van der Waals surface area contributed by atoms with Crippen LogP contribution in [0, 0.1) is 0 Å². The zero-order valence-corrected chi connectivity index (χ0v) is 17.0. The van der Waals surface area contributed by atoms with Gasteiger partial charge in [0.25, 0.3) is 11.1 Å². The largest absolute Gasteiger partial charge is 0.459 e. The molecule has 2 heterocycles. The number of para-hydroxylation sites is 2. The minimum Gasteiger partial charge on any atom is -0.459 e. The first-order chi connectivity index (χ1) is 13.2. The van der Waals surface area contributed by atoms with Gasteiger partial charge in [-0.15, -0.1) is 0 Å². The average molecular weight is 425 g/mol. The van der Waals surface area contributed by atoms with E-state index in [4.69, 9.17) is 9.47 Å². The highest BCUT2D eigenvalue weighted by Crippen LogP contribution is 2.34. The molecule has 2 aliphatic heterocycles. The number of fused-ring (bicyclic) bond motifs is 2. The van der Waals surface area contributed by atoms with Gasteiger partial charge in [0.05, 0.1) is 0 Å². The lowest BCUT2D eigenvalue weighted by atomic mass is 10.2. The zero-order chi connectivity index (χ0) is 20.1. The van der Waals surface area contributed by atoms with E-state index in [1.165, 1.54) is 23.9 Å². The van der Waals surface area contributed by atoms with Crippen LogP contribution in [0.25, 0.3) is 0 Å². The summed E-state index contributed by atoms with van der Waals surface area (Å²) in [6.45, 7) is 0.500. The second-order valence-corrected chi connectivity index (χ2v) is 12.4. The van der Waals surface area contributed by atoms with E-state index in [1.54, 1.807) is 36.4 Å². The molecule has 2 aromatic carbocycles. The normalized spacial score (nSPS) is 23.2. The Morgan fingerprint density at radius 3 is 1.46 bits per heavy atom. The van der Waals surface area contributed by atoms with Gasteiger partial charge in [0, 0.05) is 24.2 Å². The molecule has 2 aliphatic rings. The van der Waals surface area contributed by atoms with Crippen LogP contribution in [0.1, 0.15) is 11.1 Å². The SMILES string of the molecule is CN1Cc2ccccc2OC1S(=O)(=O)S(=O)(=O)C1Oc2ccccc2CN1C. The zero-order valence-electron chi connectivity index (χ0n) is 15.3. The Morgan fingerprint density at radius 1 is 0.714 bits per heavy atom. The van der Waals surface area contributed by atoms with E-state index in [0.29, 0.717) is 11.5 Å². The average Bonchev–Trinajstić information content (AvgIpc) is 2.66. The standard InChI is InChI=1S/C18H20N2O6S2/c1-19-11-13-7-3-5-9-15(13)25-17(19)27(21,22)28(23,24)18-20(2)12-14-8-4-6-10-16(14)26-18/h3-10,17-18H,11-12H2,1-2H3. The molecule has 0 N–H and O–H groups in total. The molecule has 0 fully saturated rings. The second kappa shape index (κ2) is 6.73. The number of benzene rings is 2. The summed E-state index contributed by atoms with van der Waals surface area (Å²) in [5.74, 6) is 0.709. The Bertz CT molecular complexity index is 1030. The van der Waals surface area contributed by atoms with Gasteiger partial charge in [-0.1, -0.05) is 36.4 Å². The minimum absolute atomic E-state index is 0.250. The van der Waals surface area contributed by atoms with E-state index in [2.05, 4.69) is 0 Å². The lowest BCUT2D eigenvalue weighted by Gasteiger charge is -2.37. The van der Waals surface area contributed by atoms with Gasteiger partial charge in [0.15, 0.2) is 0 Å². The molecule has 2 aromatic rings. The highest BCUT2D eigenvalue weighted by atomic mass is 33.2. The maximum Gasteiger partial charge on any atom is 0.310 e. The second-order valence-electron chi connectivity index (χ2n) is 6.88. The number of ether oxygens (including phenoxy) is 2. The van der Waals surface area contributed by atoms with E-state index in [1.807, 2.05) is 12.1 Å². The van der Waals surface area contributed by atoms with Crippen LogP contribution < -0.4 is 9.47 Å². The van der Waals surface area contributed by atoms with Gasteiger partial charge in [-0.2, -0.15) is 0 Å². The lowest BCUT2D eigenvalue weighted by molar-refractivity contribution is 0.0774. The third-order valence-electron chi connectivity index (χ3n) is 4.78. The van der Waals surface area contributed by atoms with Gasteiger partial charge < -0.3 is 9.47 Å². The molecule has 0 saturated heterocycles.